The summed E-state index contributed by atoms with van der Waals surface area (Å²) in [4.78, 5) is 26.7. The third kappa shape index (κ3) is 5.25. The number of aromatic nitrogens is 1. The second-order valence-electron chi connectivity index (χ2n) is 10.6. The zero-order valence-electron chi connectivity index (χ0n) is 22.5. The molecule has 2 saturated heterocycles. The van der Waals surface area contributed by atoms with Gasteiger partial charge < -0.3 is 14.6 Å². The van der Waals surface area contributed by atoms with Crippen LogP contribution in [0.5, 0.6) is 0 Å². The molecule has 2 aliphatic heterocycles. The van der Waals surface area contributed by atoms with E-state index in [-0.39, 0.29) is 23.3 Å². The predicted octanol–water partition coefficient (Wildman–Crippen LogP) is 3.93. The van der Waals surface area contributed by atoms with Crippen molar-refractivity contribution in [2.75, 3.05) is 7.11 Å². The molecule has 6 rings (SSSR count). The Morgan fingerprint density at radius 3 is 2.13 bits per heavy atom. The molecule has 0 spiro atoms. The van der Waals surface area contributed by atoms with Crippen molar-refractivity contribution in [1.29, 1.82) is 0 Å². The Labute approximate surface area is 230 Å². The fraction of sp³-hybridized carbons (Fsp3) is 0.400. The topological polar surface area (TPSA) is 97.7 Å². The summed E-state index contributed by atoms with van der Waals surface area (Å²) in [7, 11) is -2.60. The first-order valence-electron chi connectivity index (χ1n) is 13.4. The molecule has 3 aromatic rings. The molecule has 3 heterocycles. The highest BCUT2D eigenvalue weighted by Gasteiger charge is 2.51. The molecule has 1 amide bonds. The summed E-state index contributed by atoms with van der Waals surface area (Å²) in [5.74, 6) is -1.11. The van der Waals surface area contributed by atoms with E-state index in [2.05, 4.69) is 22.0 Å². The summed E-state index contributed by atoms with van der Waals surface area (Å²) in [6.45, 7) is 4.09. The highest BCUT2D eigenvalue weighted by atomic mass is 32.2. The maximum atomic E-state index is 13.8. The lowest BCUT2D eigenvalue weighted by atomic mass is 9.76. The minimum atomic E-state index is -3.89. The first kappa shape index (κ1) is 27.1. The molecule has 8 nitrogen and oxygen atoms in total. The zero-order chi connectivity index (χ0) is 27.7. The van der Waals surface area contributed by atoms with E-state index in [0.717, 1.165) is 48.3 Å². The Kier molecular flexibility index (Phi) is 7.64. The molecule has 39 heavy (non-hydrogen) atoms. The number of esters is 1. The minimum absolute atomic E-state index is 0.0980. The first-order chi connectivity index (χ1) is 18.7. The van der Waals surface area contributed by atoms with Crippen LogP contribution in [0.1, 0.15) is 42.6 Å². The molecular weight excluding hydrogens is 514 g/mol. The van der Waals surface area contributed by atoms with Gasteiger partial charge >= 0.3 is 5.97 Å². The molecule has 206 valence electrons. The molecule has 1 unspecified atom stereocenters. The van der Waals surface area contributed by atoms with Crippen molar-refractivity contribution in [3.05, 3.63) is 83.7 Å². The first-order valence-corrected chi connectivity index (χ1v) is 14.9. The number of carbonyl (C=O) groups excluding carboxylic acids is 2. The van der Waals surface area contributed by atoms with E-state index in [9.17, 15) is 18.0 Å². The number of benzene rings is 2. The quantitative estimate of drug-likeness (QED) is 0.430. The SMILES string of the molecule is COC(=O)[C@H](Cc1ccc(-n2c(C)ccc2C)cc1)NC(=O)C1C2CCC(CC2)N1S(=O)(=O)c1ccccc1. The van der Waals surface area contributed by atoms with Gasteiger partial charge in [-0.05, 0) is 87.4 Å². The molecule has 2 aromatic carbocycles. The van der Waals surface area contributed by atoms with E-state index < -0.39 is 34.0 Å². The van der Waals surface area contributed by atoms with Gasteiger partial charge in [0.25, 0.3) is 0 Å². The lowest BCUT2D eigenvalue weighted by Gasteiger charge is -2.49. The highest BCUT2D eigenvalue weighted by molar-refractivity contribution is 7.89. The monoisotopic (exact) mass is 549 g/mol. The van der Waals surface area contributed by atoms with E-state index in [1.807, 2.05) is 38.1 Å². The van der Waals surface area contributed by atoms with Crippen LogP contribution in [0.2, 0.25) is 0 Å². The third-order valence-electron chi connectivity index (χ3n) is 8.12. The van der Waals surface area contributed by atoms with Crippen LogP contribution in [-0.2, 0) is 30.8 Å². The van der Waals surface area contributed by atoms with Crippen LogP contribution in [0.25, 0.3) is 5.69 Å². The Bertz CT molecular complexity index is 1420. The Balaban J connectivity index is 1.38. The van der Waals surface area contributed by atoms with Crippen LogP contribution in [0.15, 0.2) is 71.6 Å². The van der Waals surface area contributed by atoms with E-state index in [1.54, 1.807) is 30.3 Å². The summed E-state index contributed by atoms with van der Waals surface area (Å²) < 4.78 is 35.9. The van der Waals surface area contributed by atoms with Crippen molar-refractivity contribution in [2.24, 2.45) is 5.92 Å². The van der Waals surface area contributed by atoms with Gasteiger partial charge in [0.2, 0.25) is 15.9 Å². The maximum Gasteiger partial charge on any atom is 0.328 e. The maximum absolute atomic E-state index is 13.8. The van der Waals surface area contributed by atoms with Gasteiger partial charge in [0.15, 0.2) is 0 Å². The van der Waals surface area contributed by atoms with Gasteiger partial charge in [-0.2, -0.15) is 4.31 Å². The molecule has 2 bridgehead atoms. The summed E-state index contributed by atoms with van der Waals surface area (Å²) >= 11 is 0. The van der Waals surface area contributed by atoms with Crippen molar-refractivity contribution >= 4 is 21.9 Å². The number of amides is 1. The average molecular weight is 550 g/mol. The molecule has 1 aliphatic carbocycles. The molecule has 2 atom stereocenters. The number of hydrogen-bond donors (Lipinski definition) is 1. The van der Waals surface area contributed by atoms with Crippen LogP contribution in [-0.4, -0.2) is 54.4 Å². The second kappa shape index (κ2) is 11.0. The number of ether oxygens (including phenoxy) is 1. The van der Waals surface area contributed by atoms with Crippen LogP contribution < -0.4 is 5.32 Å². The van der Waals surface area contributed by atoms with Gasteiger partial charge in [0.1, 0.15) is 12.1 Å². The molecule has 0 radical (unpaired) electrons. The molecular formula is C30H35N3O5S. The highest BCUT2D eigenvalue weighted by Crippen LogP contribution is 2.42. The number of fused-ring (bicyclic) bond motifs is 3. The van der Waals surface area contributed by atoms with Crippen molar-refractivity contribution in [1.82, 2.24) is 14.2 Å². The number of carbonyl (C=O) groups is 2. The number of nitrogens with zero attached hydrogens (tertiary/aromatic N) is 2. The normalized spacial score (nSPS) is 21.9. The van der Waals surface area contributed by atoms with Gasteiger partial charge in [0, 0.05) is 29.5 Å². The van der Waals surface area contributed by atoms with E-state index in [4.69, 9.17) is 4.74 Å². The van der Waals surface area contributed by atoms with Gasteiger partial charge in [-0.3, -0.25) is 4.79 Å². The van der Waals surface area contributed by atoms with Crippen LogP contribution in [0.4, 0.5) is 0 Å². The number of hydrogen-bond acceptors (Lipinski definition) is 5. The van der Waals surface area contributed by atoms with Gasteiger partial charge in [-0.15, -0.1) is 0 Å². The van der Waals surface area contributed by atoms with Crippen molar-refractivity contribution in [3.63, 3.8) is 0 Å². The number of piperidine rings is 2. The molecule has 1 N–H and O–H groups in total. The van der Waals surface area contributed by atoms with Crippen molar-refractivity contribution in [2.45, 2.75) is 69.0 Å². The summed E-state index contributed by atoms with van der Waals surface area (Å²) in [5, 5.41) is 2.86. The summed E-state index contributed by atoms with van der Waals surface area (Å²) in [6.07, 6.45) is 3.26. The van der Waals surface area contributed by atoms with E-state index >= 15 is 0 Å². The fourth-order valence-electron chi connectivity index (χ4n) is 6.18. The van der Waals surface area contributed by atoms with Crippen LogP contribution >= 0.6 is 0 Å². The summed E-state index contributed by atoms with van der Waals surface area (Å²) in [5.41, 5.74) is 4.11. The number of methoxy groups -OCH3 is 1. The van der Waals surface area contributed by atoms with Gasteiger partial charge in [-0.25, -0.2) is 13.2 Å². The number of aryl methyl sites for hydroxylation is 2. The minimum Gasteiger partial charge on any atom is -0.467 e. The fourth-order valence-corrected chi connectivity index (χ4v) is 8.10. The van der Waals surface area contributed by atoms with Gasteiger partial charge in [-0.1, -0.05) is 30.3 Å². The largest absolute Gasteiger partial charge is 0.467 e. The zero-order valence-corrected chi connectivity index (χ0v) is 23.4. The average Bonchev–Trinajstić information content (AvgIpc) is 3.30. The standard InChI is InChI=1S/C30H35N3O5S/c1-20-9-10-21(2)32(20)24-15-11-22(12-16-24)19-27(30(35)38-3)31-29(34)28-23-13-17-25(18-14-23)33(28)39(36,37)26-7-5-4-6-8-26/h4-12,15-16,23,25,27-28H,13-14,17-19H2,1-3H3,(H,31,34)/t23?,25?,27-,28?/m0/s1. The predicted molar refractivity (Wildman–Crippen MR) is 148 cm³/mol. The molecule has 9 heteroatoms. The van der Waals surface area contributed by atoms with E-state index in [1.165, 1.54) is 11.4 Å². The summed E-state index contributed by atoms with van der Waals surface area (Å²) in [6, 6.07) is 18.2. The molecule has 1 saturated carbocycles. The smallest absolute Gasteiger partial charge is 0.328 e. The molecule has 3 fully saturated rings. The van der Waals surface area contributed by atoms with Gasteiger partial charge in [0.05, 0.1) is 12.0 Å². The number of nitrogens with one attached hydrogen (secondary N) is 1. The Morgan fingerprint density at radius 1 is 0.923 bits per heavy atom. The lowest BCUT2D eigenvalue weighted by Crippen LogP contribution is -2.63. The Hall–Kier alpha value is -3.43. The van der Waals surface area contributed by atoms with Crippen LogP contribution in [0, 0.1) is 19.8 Å². The lowest BCUT2D eigenvalue weighted by molar-refractivity contribution is -0.146. The second-order valence-corrected chi connectivity index (χ2v) is 12.4. The molecule has 1 aromatic heterocycles. The number of sulfonamides is 1. The van der Waals surface area contributed by atoms with Crippen molar-refractivity contribution < 1.29 is 22.7 Å². The van der Waals surface area contributed by atoms with Crippen molar-refractivity contribution in [3.8, 4) is 5.69 Å². The van der Waals surface area contributed by atoms with Crippen LogP contribution in [0.3, 0.4) is 0 Å². The third-order valence-corrected chi connectivity index (χ3v) is 10.1. The Morgan fingerprint density at radius 2 is 1.54 bits per heavy atom. The van der Waals surface area contributed by atoms with E-state index in [0.29, 0.717) is 0 Å². The number of rotatable bonds is 8. The molecule has 3 aliphatic rings.